The molecular formula is C15H15ClFNO2S. The maximum absolute atomic E-state index is 13.1. The molecule has 3 nitrogen and oxygen atoms in total. The molecule has 0 spiro atoms. The quantitative estimate of drug-likeness (QED) is 0.927. The van der Waals surface area contributed by atoms with Gasteiger partial charge in [0.05, 0.1) is 4.90 Å². The lowest BCUT2D eigenvalue weighted by atomic mass is 10.1. The lowest BCUT2D eigenvalue weighted by molar-refractivity contribution is 0.565. The van der Waals surface area contributed by atoms with Crippen molar-refractivity contribution in [2.45, 2.75) is 24.8 Å². The van der Waals surface area contributed by atoms with Gasteiger partial charge in [0.25, 0.3) is 0 Å². The summed E-state index contributed by atoms with van der Waals surface area (Å²) in [5.74, 6) is -0.461. The van der Waals surface area contributed by atoms with Crippen LogP contribution in [0.5, 0.6) is 0 Å². The Bertz CT molecular complexity index is 745. The fourth-order valence-electron chi connectivity index (χ4n) is 2.03. The van der Waals surface area contributed by atoms with Crippen LogP contribution in [-0.4, -0.2) is 8.42 Å². The van der Waals surface area contributed by atoms with Gasteiger partial charge in [-0.25, -0.2) is 17.5 Å². The maximum Gasteiger partial charge on any atom is 0.241 e. The van der Waals surface area contributed by atoms with Gasteiger partial charge in [0.1, 0.15) is 5.82 Å². The zero-order valence-corrected chi connectivity index (χ0v) is 13.2. The molecule has 0 bridgehead atoms. The van der Waals surface area contributed by atoms with Gasteiger partial charge < -0.3 is 0 Å². The van der Waals surface area contributed by atoms with Crippen LogP contribution < -0.4 is 4.72 Å². The molecule has 1 atom stereocenters. The van der Waals surface area contributed by atoms with Gasteiger partial charge >= 0.3 is 0 Å². The molecule has 6 heteroatoms. The summed E-state index contributed by atoms with van der Waals surface area (Å²) in [6.07, 6.45) is 0. The number of sulfonamides is 1. The standard InChI is InChI=1S/C15H15ClFNO2S/c1-10-9-14(17)7-8-15(10)21(19,20)18-11(2)12-3-5-13(16)6-4-12/h3-9,11,18H,1-2H3. The molecule has 0 saturated carbocycles. The lowest BCUT2D eigenvalue weighted by Gasteiger charge is -2.16. The number of nitrogens with one attached hydrogen (secondary N) is 1. The normalized spacial score (nSPS) is 13.1. The van der Waals surface area contributed by atoms with Gasteiger partial charge in [-0.3, -0.25) is 0 Å². The summed E-state index contributed by atoms with van der Waals surface area (Å²) < 4.78 is 40.4. The highest BCUT2D eigenvalue weighted by atomic mass is 35.5. The summed E-state index contributed by atoms with van der Waals surface area (Å²) in [6.45, 7) is 3.30. The summed E-state index contributed by atoms with van der Waals surface area (Å²) >= 11 is 5.81. The highest BCUT2D eigenvalue weighted by Crippen LogP contribution is 2.21. The van der Waals surface area contributed by atoms with Crippen LogP contribution in [0.4, 0.5) is 4.39 Å². The molecule has 0 fully saturated rings. The van der Waals surface area contributed by atoms with Crippen molar-refractivity contribution in [1.29, 1.82) is 0 Å². The van der Waals surface area contributed by atoms with E-state index in [2.05, 4.69) is 4.72 Å². The minimum atomic E-state index is -3.71. The van der Waals surface area contributed by atoms with Crippen LogP contribution in [0, 0.1) is 12.7 Å². The third-order valence-electron chi connectivity index (χ3n) is 3.13. The number of halogens is 2. The van der Waals surface area contributed by atoms with Gasteiger partial charge in [0, 0.05) is 11.1 Å². The maximum atomic E-state index is 13.1. The van der Waals surface area contributed by atoms with Crippen LogP contribution in [0.1, 0.15) is 24.1 Å². The zero-order chi connectivity index (χ0) is 15.6. The first-order valence-electron chi connectivity index (χ1n) is 6.33. The number of hydrogen-bond donors (Lipinski definition) is 1. The van der Waals surface area contributed by atoms with E-state index in [1.807, 2.05) is 0 Å². The van der Waals surface area contributed by atoms with Crippen molar-refractivity contribution in [3.8, 4) is 0 Å². The van der Waals surface area contributed by atoms with E-state index in [-0.39, 0.29) is 4.90 Å². The Hall–Kier alpha value is -1.43. The van der Waals surface area contributed by atoms with Crippen LogP contribution in [0.15, 0.2) is 47.4 Å². The van der Waals surface area contributed by atoms with E-state index in [1.54, 1.807) is 38.1 Å². The van der Waals surface area contributed by atoms with Gasteiger partial charge in [-0.05, 0) is 55.3 Å². The van der Waals surface area contributed by atoms with Crippen LogP contribution in [0.25, 0.3) is 0 Å². The predicted molar refractivity (Wildman–Crippen MR) is 81.3 cm³/mol. The average molecular weight is 328 g/mol. The smallest absolute Gasteiger partial charge is 0.207 e. The Morgan fingerprint density at radius 1 is 1.14 bits per heavy atom. The van der Waals surface area contributed by atoms with Crippen LogP contribution in [0.3, 0.4) is 0 Å². The number of aryl methyl sites for hydroxylation is 1. The van der Waals surface area contributed by atoms with Crippen molar-refractivity contribution < 1.29 is 12.8 Å². The molecule has 0 aliphatic rings. The van der Waals surface area contributed by atoms with Crippen molar-refractivity contribution in [1.82, 2.24) is 4.72 Å². The SMILES string of the molecule is Cc1cc(F)ccc1S(=O)(=O)NC(C)c1ccc(Cl)cc1. The topological polar surface area (TPSA) is 46.2 Å². The summed E-state index contributed by atoms with van der Waals surface area (Å²) in [4.78, 5) is 0.0738. The molecule has 2 aromatic rings. The largest absolute Gasteiger partial charge is 0.241 e. The van der Waals surface area contributed by atoms with Gasteiger partial charge in [-0.2, -0.15) is 0 Å². The van der Waals surface area contributed by atoms with Crippen LogP contribution in [0.2, 0.25) is 5.02 Å². The van der Waals surface area contributed by atoms with E-state index in [0.29, 0.717) is 10.6 Å². The lowest BCUT2D eigenvalue weighted by Crippen LogP contribution is -2.27. The fraction of sp³-hybridized carbons (Fsp3) is 0.200. The fourth-order valence-corrected chi connectivity index (χ4v) is 3.61. The van der Waals surface area contributed by atoms with E-state index in [0.717, 1.165) is 11.6 Å². The van der Waals surface area contributed by atoms with E-state index in [9.17, 15) is 12.8 Å². The van der Waals surface area contributed by atoms with Crippen molar-refractivity contribution in [2.75, 3.05) is 0 Å². The molecule has 112 valence electrons. The predicted octanol–water partition coefficient (Wildman–Crippen LogP) is 3.83. The second kappa shape index (κ2) is 6.13. The van der Waals surface area contributed by atoms with Crippen LogP contribution >= 0.6 is 11.6 Å². The Kier molecular flexibility index (Phi) is 4.66. The Balaban J connectivity index is 2.26. The van der Waals surface area contributed by atoms with Gasteiger partial charge in [0.2, 0.25) is 10.0 Å². The molecule has 0 aliphatic carbocycles. The molecule has 2 rings (SSSR count). The molecule has 0 aliphatic heterocycles. The number of rotatable bonds is 4. The molecule has 21 heavy (non-hydrogen) atoms. The van der Waals surface area contributed by atoms with Crippen LogP contribution in [-0.2, 0) is 10.0 Å². The first-order valence-corrected chi connectivity index (χ1v) is 8.19. The monoisotopic (exact) mass is 327 g/mol. The van der Waals surface area contributed by atoms with Crippen molar-refractivity contribution >= 4 is 21.6 Å². The second-order valence-electron chi connectivity index (χ2n) is 4.80. The second-order valence-corrected chi connectivity index (χ2v) is 6.92. The van der Waals surface area contributed by atoms with E-state index >= 15 is 0 Å². The molecule has 0 aromatic heterocycles. The molecule has 0 saturated heterocycles. The zero-order valence-electron chi connectivity index (χ0n) is 11.6. The Morgan fingerprint density at radius 2 is 1.76 bits per heavy atom. The Morgan fingerprint density at radius 3 is 2.33 bits per heavy atom. The van der Waals surface area contributed by atoms with E-state index in [1.165, 1.54) is 12.1 Å². The van der Waals surface area contributed by atoms with Gasteiger partial charge in [-0.1, -0.05) is 23.7 Å². The third-order valence-corrected chi connectivity index (χ3v) is 5.08. The Labute approximate surface area is 128 Å². The highest BCUT2D eigenvalue weighted by molar-refractivity contribution is 7.89. The van der Waals surface area contributed by atoms with Crippen molar-refractivity contribution in [3.05, 3.63) is 64.4 Å². The molecule has 1 N–H and O–H groups in total. The summed E-state index contributed by atoms with van der Waals surface area (Å²) in [5.41, 5.74) is 1.16. The molecule has 1 unspecified atom stereocenters. The van der Waals surface area contributed by atoms with Gasteiger partial charge in [0.15, 0.2) is 0 Å². The molecule has 2 aromatic carbocycles. The van der Waals surface area contributed by atoms with Crippen molar-refractivity contribution in [3.63, 3.8) is 0 Å². The minimum absolute atomic E-state index is 0.0738. The summed E-state index contributed by atoms with van der Waals surface area (Å²) in [5, 5.41) is 0.586. The first-order chi connectivity index (χ1) is 9.79. The van der Waals surface area contributed by atoms with E-state index in [4.69, 9.17) is 11.6 Å². The number of hydrogen-bond acceptors (Lipinski definition) is 2. The molecule has 0 heterocycles. The summed E-state index contributed by atoms with van der Waals surface area (Å²) in [7, 11) is -3.71. The van der Waals surface area contributed by atoms with Crippen molar-refractivity contribution in [2.24, 2.45) is 0 Å². The summed E-state index contributed by atoms with van der Waals surface area (Å²) in [6, 6.07) is 10.1. The molecule has 0 amide bonds. The minimum Gasteiger partial charge on any atom is -0.207 e. The first kappa shape index (κ1) is 15.9. The highest BCUT2D eigenvalue weighted by Gasteiger charge is 2.20. The molecule has 0 radical (unpaired) electrons. The third kappa shape index (κ3) is 3.81. The number of benzene rings is 2. The van der Waals surface area contributed by atoms with E-state index < -0.39 is 21.9 Å². The molecular weight excluding hydrogens is 313 g/mol. The van der Waals surface area contributed by atoms with Gasteiger partial charge in [-0.15, -0.1) is 0 Å². The average Bonchev–Trinajstić information content (AvgIpc) is 2.38.